The van der Waals surface area contributed by atoms with Gasteiger partial charge in [-0.1, -0.05) is 48.5 Å². The number of fused-ring (bicyclic) bond motifs is 1. The van der Waals surface area contributed by atoms with Crippen LogP contribution in [-0.4, -0.2) is 26.8 Å². The van der Waals surface area contributed by atoms with Crippen molar-refractivity contribution in [2.45, 2.75) is 31.0 Å². The standard InChI is InChI=1S/C31H30F3NO2/c1-36-29-10-9-23-17-24(7-8-25(23)19-29)26-15-22(16-28(18-26)31(32,33)34)20-37-21-30(11-13-35-14-12-30)27-5-3-2-4-6-27/h2-10,15-19,35H,11-14,20-21H2,1H3. The Morgan fingerprint density at radius 2 is 1.54 bits per heavy atom. The monoisotopic (exact) mass is 505 g/mol. The van der Waals surface area contributed by atoms with E-state index in [0.29, 0.717) is 17.7 Å². The molecule has 6 heteroatoms. The number of hydrogen-bond acceptors (Lipinski definition) is 3. The number of hydrogen-bond donors (Lipinski definition) is 1. The second kappa shape index (κ2) is 10.6. The average molecular weight is 506 g/mol. The zero-order valence-electron chi connectivity index (χ0n) is 20.8. The molecule has 0 bridgehead atoms. The van der Waals surface area contributed by atoms with Crippen molar-refractivity contribution in [1.29, 1.82) is 0 Å². The first kappa shape index (κ1) is 25.3. The van der Waals surface area contributed by atoms with E-state index in [1.54, 1.807) is 13.2 Å². The van der Waals surface area contributed by atoms with Gasteiger partial charge < -0.3 is 14.8 Å². The Bertz CT molecular complexity index is 1360. The maximum atomic E-state index is 13.8. The van der Waals surface area contributed by atoms with Gasteiger partial charge in [-0.15, -0.1) is 0 Å². The molecule has 0 aliphatic carbocycles. The van der Waals surface area contributed by atoms with Gasteiger partial charge in [0.05, 0.1) is 25.9 Å². The summed E-state index contributed by atoms with van der Waals surface area (Å²) in [5, 5.41) is 5.30. The highest BCUT2D eigenvalue weighted by Crippen LogP contribution is 2.36. The molecule has 1 heterocycles. The molecule has 1 saturated heterocycles. The van der Waals surface area contributed by atoms with Crippen LogP contribution in [0.2, 0.25) is 0 Å². The molecule has 0 radical (unpaired) electrons. The van der Waals surface area contributed by atoms with Crippen LogP contribution in [0.1, 0.15) is 29.5 Å². The van der Waals surface area contributed by atoms with Gasteiger partial charge in [0.2, 0.25) is 0 Å². The van der Waals surface area contributed by atoms with Crippen molar-refractivity contribution < 1.29 is 22.6 Å². The fourth-order valence-corrected chi connectivity index (χ4v) is 5.21. The molecule has 1 N–H and O–H groups in total. The van der Waals surface area contributed by atoms with E-state index in [1.807, 2.05) is 54.6 Å². The lowest BCUT2D eigenvalue weighted by molar-refractivity contribution is -0.137. The summed E-state index contributed by atoms with van der Waals surface area (Å²) in [7, 11) is 1.61. The molecule has 0 spiro atoms. The molecule has 0 aromatic heterocycles. The third-order valence-electron chi connectivity index (χ3n) is 7.29. The minimum Gasteiger partial charge on any atom is -0.497 e. The second-order valence-electron chi connectivity index (χ2n) is 9.73. The summed E-state index contributed by atoms with van der Waals surface area (Å²) < 4.78 is 52.9. The van der Waals surface area contributed by atoms with Crippen molar-refractivity contribution in [2.24, 2.45) is 0 Å². The number of benzene rings is 4. The molecule has 0 unspecified atom stereocenters. The van der Waals surface area contributed by atoms with Gasteiger partial charge in [-0.25, -0.2) is 0 Å². The molecule has 1 fully saturated rings. The Hall–Kier alpha value is -3.35. The number of ether oxygens (including phenoxy) is 2. The molecule has 4 aromatic rings. The van der Waals surface area contributed by atoms with Gasteiger partial charge in [0.25, 0.3) is 0 Å². The van der Waals surface area contributed by atoms with Crippen LogP contribution in [0.3, 0.4) is 0 Å². The van der Waals surface area contributed by atoms with E-state index in [-0.39, 0.29) is 12.0 Å². The maximum absolute atomic E-state index is 13.8. The second-order valence-corrected chi connectivity index (χ2v) is 9.73. The van der Waals surface area contributed by atoms with Crippen molar-refractivity contribution in [2.75, 3.05) is 26.8 Å². The lowest BCUT2D eigenvalue weighted by atomic mass is 9.74. The van der Waals surface area contributed by atoms with E-state index in [0.717, 1.165) is 48.0 Å². The van der Waals surface area contributed by atoms with Crippen molar-refractivity contribution >= 4 is 10.8 Å². The molecule has 4 aromatic carbocycles. The molecular formula is C31H30F3NO2. The van der Waals surface area contributed by atoms with E-state index < -0.39 is 11.7 Å². The van der Waals surface area contributed by atoms with E-state index in [9.17, 15) is 13.2 Å². The smallest absolute Gasteiger partial charge is 0.416 e. The lowest BCUT2D eigenvalue weighted by Gasteiger charge is -2.38. The van der Waals surface area contributed by atoms with Crippen molar-refractivity contribution in [3.05, 3.63) is 102 Å². The predicted molar refractivity (Wildman–Crippen MR) is 141 cm³/mol. The Kier molecular flexibility index (Phi) is 7.22. The summed E-state index contributed by atoms with van der Waals surface area (Å²) in [5.74, 6) is 0.737. The van der Waals surface area contributed by atoms with Crippen molar-refractivity contribution in [3.63, 3.8) is 0 Å². The molecule has 37 heavy (non-hydrogen) atoms. The SMILES string of the molecule is COc1ccc2cc(-c3cc(COCC4(c5ccccc5)CCNCC4)cc(C(F)(F)F)c3)ccc2c1. The van der Waals surface area contributed by atoms with Crippen LogP contribution in [0.15, 0.2) is 84.9 Å². The molecular weight excluding hydrogens is 475 g/mol. The first-order valence-electron chi connectivity index (χ1n) is 12.5. The summed E-state index contributed by atoms with van der Waals surface area (Å²) >= 11 is 0. The zero-order valence-corrected chi connectivity index (χ0v) is 20.8. The fourth-order valence-electron chi connectivity index (χ4n) is 5.21. The minimum atomic E-state index is -4.45. The molecule has 192 valence electrons. The zero-order chi connectivity index (χ0) is 25.9. The van der Waals surface area contributed by atoms with Crippen LogP contribution in [0.25, 0.3) is 21.9 Å². The minimum absolute atomic E-state index is 0.115. The molecule has 0 atom stereocenters. The molecule has 0 amide bonds. The first-order valence-corrected chi connectivity index (χ1v) is 12.5. The first-order chi connectivity index (χ1) is 17.9. The highest BCUT2D eigenvalue weighted by molar-refractivity contribution is 5.88. The van der Waals surface area contributed by atoms with Crippen molar-refractivity contribution in [3.8, 4) is 16.9 Å². The molecule has 0 saturated carbocycles. The quantitative estimate of drug-likeness (QED) is 0.284. The Morgan fingerprint density at radius 3 is 2.27 bits per heavy atom. The van der Waals surface area contributed by atoms with Gasteiger partial charge in [0.1, 0.15) is 5.75 Å². The van der Waals surface area contributed by atoms with Gasteiger partial charge in [-0.05, 0) is 95.4 Å². The highest BCUT2D eigenvalue weighted by atomic mass is 19.4. The van der Waals surface area contributed by atoms with Gasteiger partial charge in [0, 0.05) is 5.41 Å². The Morgan fingerprint density at radius 1 is 0.811 bits per heavy atom. The largest absolute Gasteiger partial charge is 0.497 e. The molecule has 1 aliphatic heterocycles. The van der Waals surface area contributed by atoms with E-state index in [4.69, 9.17) is 9.47 Å². The number of nitrogens with one attached hydrogen (secondary N) is 1. The lowest BCUT2D eigenvalue weighted by Crippen LogP contribution is -2.43. The fraction of sp³-hybridized carbons (Fsp3) is 0.290. The summed E-state index contributed by atoms with van der Waals surface area (Å²) in [6.45, 7) is 2.35. The van der Waals surface area contributed by atoms with Crippen LogP contribution in [0.4, 0.5) is 13.2 Å². The molecule has 3 nitrogen and oxygen atoms in total. The van der Waals surface area contributed by atoms with Crippen LogP contribution >= 0.6 is 0 Å². The molecule has 1 aliphatic rings. The van der Waals surface area contributed by atoms with Crippen LogP contribution in [0, 0.1) is 0 Å². The van der Waals surface area contributed by atoms with E-state index >= 15 is 0 Å². The van der Waals surface area contributed by atoms with Crippen LogP contribution < -0.4 is 10.1 Å². The normalized spacial score (nSPS) is 15.6. The van der Waals surface area contributed by atoms with E-state index in [1.165, 1.54) is 17.7 Å². The average Bonchev–Trinajstić information content (AvgIpc) is 2.93. The third-order valence-corrected chi connectivity index (χ3v) is 7.29. The van der Waals surface area contributed by atoms with E-state index in [2.05, 4.69) is 17.4 Å². The number of alkyl halides is 3. The van der Waals surface area contributed by atoms with Gasteiger partial charge in [-0.3, -0.25) is 0 Å². The number of halogens is 3. The van der Waals surface area contributed by atoms with Crippen molar-refractivity contribution in [1.82, 2.24) is 5.32 Å². The summed E-state index contributed by atoms with van der Waals surface area (Å²) in [4.78, 5) is 0. The van der Waals surface area contributed by atoms with Gasteiger partial charge in [0.15, 0.2) is 0 Å². The summed E-state index contributed by atoms with van der Waals surface area (Å²) in [6, 6.07) is 25.8. The number of piperidine rings is 1. The highest BCUT2D eigenvalue weighted by Gasteiger charge is 2.34. The Balaban J connectivity index is 1.42. The van der Waals surface area contributed by atoms with Crippen LogP contribution in [-0.2, 0) is 22.9 Å². The topological polar surface area (TPSA) is 30.5 Å². The van der Waals surface area contributed by atoms with Crippen LogP contribution in [0.5, 0.6) is 5.75 Å². The van der Waals surface area contributed by atoms with Gasteiger partial charge in [-0.2, -0.15) is 13.2 Å². The Labute approximate surface area is 215 Å². The number of rotatable bonds is 7. The molecule has 5 rings (SSSR count). The maximum Gasteiger partial charge on any atom is 0.416 e. The number of methoxy groups -OCH3 is 1. The summed E-state index contributed by atoms with van der Waals surface area (Å²) in [6.07, 6.45) is -2.60. The third kappa shape index (κ3) is 5.65. The van der Waals surface area contributed by atoms with Gasteiger partial charge >= 0.3 is 6.18 Å². The predicted octanol–water partition coefficient (Wildman–Crippen LogP) is 7.37. The summed E-state index contributed by atoms with van der Waals surface area (Å²) in [5.41, 5.74) is 2.16.